The zero-order valence-electron chi connectivity index (χ0n) is 9.19. The molecule has 1 aliphatic heterocycles. The molecule has 0 saturated carbocycles. The fourth-order valence-corrected chi connectivity index (χ4v) is 1.70. The summed E-state index contributed by atoms with van der Waals surface area (Å²) in [6, 6.07) is 6.01. The van der Waals surface area contributed by atoms with Gasteiger partial charge in [-0.1, -0.05) is 26.3 Å². The molecule has 0 amide bonds. The van der Waals surface area contributed by atoms with Crippen molar-refractivity contribution in [2.45, 2.75) is 26.3 Å². The van der Waals surface area contributed by atoms with E-state index in [9.17, 15) is 0 Å². The molecule has 0 spiro atoms. The monoisotopic (exact) mass is 207 g/mol. The van der Waals surface area contributed by atoms with Gasteiger partial charge in [0.05, 0.1) is 0 Å². The Labute approximate surface area is 90.2 Å². The van der Waals surface area contributed by atoms with Crippen LogP contribution in [0.5, 0.6) is 11.5 Å². The molecule has 0 saturated heterocycles. The second-order valence-corrected chi connectivity index (χ2v) is 4.02. The van der Waals surface area contributed by atoms with E-state index in [0.717, 1.165) is 23.5 Å². The predicted octanol–water partition coefficient (Wildman–Crippen LogP) is 2.46. The van der Waals surface area contributed by atoms with Crippen molar-refractivity contribution in [2.75, 3.05) is 6.79 Å². The lowest BCUT2D eigenvalue weighted by atomic mass is 9.93. The van der Waals surface area contributed by atoms with Crippen LogP contribution in [0.4, 0.5) is 0 Å². The number of hydrogen-bond donors (Lipinski definition) is 1. The van der Waals surface area contributed by atoms with Gasteiger partial charge in [0.15, 0.2) is 11.5 Å². The normalized spacial score (nSPS) is 17.5. The van der Waals surface area contributed by atoms with Crippen molar-refractivity contribution in [3.8, 4) is 11.5 Å². The lowest BCUT2D eigenvalue weighted by Gasteiger charge is -2.18. The first-order valence-electron chi connectivity index (χ1n) is 5.37. The number of nitrogens with two attached hydrogens (primary N) is 1. The molecule has 3 nitrogen and oxygen atoms in total. The van der Waals surface area contributed by atoms with Gasteiger partial charge in [-0.2, -0.15) is 0 Å². The van der Waals surface area contributed by atoms with E-state index in [2.05, 4.69) is 13.8 Å². The third-order valence-corrected chi connectivity index (χ3v) is 3.04. The summed E-state index contributed by atoms with van der Waals surface area (Å²) in [5, 5.41) is 0. The smallest absolute Gasteiger partial charge is 0.231 e. The van der Waals surface area contributed by atoms with Gasteiger partial charge in [0, 0.05) is 6.04 Å². The number of fused-ring (bicyclic) bond motifs is 1. The summed E-state index contributed by atoms with van der Waals surface area (Å²) < 4.78 is 10.6. The molecule has 82 valence electrons. The van der Waals surface area contributed by atoms with Gasteiger partial charge in [-0.25, -0.2) is 0 Å². The van der Waals surface area contributed by atoms with Gasteiger partial charge in [0.25, 0.3) is 0 Å². The highest BCUT2D eigenvalue weighted by Crippen LogP contribution is 2.35. The Bertz CT molecular complexity index is 351. The number of rotatable bonds is 3. The zero-order chi connectivity index (χ0) is 10.8. The average molecular weight is 207 g/mol. The van der Waals surface area contributed by atoms with Gasteiger partial charge in [-0.3, -0.25) is 0 Å². The molecule has 2 atom stereocenters. The van der Waals surface area contributed by atoms with Crippen LogP contribution in [0.1, 0.15) is 31.9 Å². The van der Waals surface area contributed by atoms with Gasteiger partial charge in [0.2, 0.25) is 6.79 Å². The minimum atomic E-state index is 0.0736. The van der Waals surface area contributed by atoms with Crippen LogP contribution < -0.4 is 15.2 Å². The van der Waals surface area contributed by atoms with Crippen LogP contribution in [0, 0.1) is 5.92 Å². The average Bonchev–Trinajstić information content (AvgIpc) is 2.73. The maximum atomic E-state index is 6.15. The second kappa shape index (κ2) is 4.11. The fraction of sp³-hybridized carbons (Fsp3) is 0.500. The first-order chi connectivity index (χ1) is 7.22. The molecule has 0 radical (unpaired) electrons. The van der Waals surface area contributed by atoms with E-state index in [4.69, 9.17) is 15.2 Å². The van der Waals surface area contributed by atoms with E-state index < -0.39 is 0 Å². The molecule has 2 unspecified atom stereocenters. The highest BCUT2D eigenvalue weighted by Gasteiger charge is 2.18. The molecule has 0 fully saturated rings. The van der Waals surface area contributed by atoms with Gasteiger partial charge in [-0.15, -0.1) is 0 Å². The molecule has 0 aromatic heterocycles. The highest BCUT2D eigenvalue weighted by atomic mass is 16.7. The van der Waals surface area contributed by atoms with Crippen LogP contribution in [-0.4, -0.2) is 6.79 Å². The third kappa shape index (κ3) is 1.92. The summed E-state index contributed by atoms with van der Waals surface area (Å²) in [4.78, 5) is 0. The van der Waals surface area contributed by atoms with Gasteiger partial charge in [-0.05, 0) is 23.6 Å². The molecule has 2 rings (SSSR count). The molecule has 15 heavy (non-hydrogen) atoms. The van der Waals surface area contributed by atoms with Crippen molar-refractivity contribution in [2.24, 2.45) is 11.7 Å². The van der Waals surface area contributed by atoms with Gasteiger partial charge in [0.1, 0.15) is 0 Å². The molecule has 1 heterocycles. The Morgan fingerprint density at radius 1 is 1.33 bits per heavy atom. The Morgan fingerprint density at radius 3 is 2.80 bits per heavy atom. The molecule has 0 bridgehead atoms. The van der Waals surface area contributed by atoms with E-state index in [1.165, 1.54) is 0 Å². The predicted molar refractivity (Wildman–Crippen MR) is 58.9 cm³/mol. The van der Waals surface area contributed by atoms with Crippen molar-refractivity contribution in [1.82, 2.24) is 0 Å². The van der Waals surface area contributed by atoms with E-state index >= 15 is 0 Å². The van der Waals surface area contributed by atoms with Crippen LogP contribution >= 0.6 is 0 Å². The molecule has 1 aliphatic rings. The van der Waals surface area contributed by atoms with Crippen molar-refractivity contribution in [3.05, 3.63) is 23.8 Å². The van der Waals surface area contributed by atoms with Crippen LogP contribution in [0.2, 0.25) is 0 Å². The lowest BCUT2D eigenvalue weighted by molar-refractivity contribution is 0.174. The molecule has 1 aromatic rings. The number of ether oxygens (including phenoxy) is 2. The molecular weight excluding hydrogens is 190 g/mol. The standard InChI is InChI=1S/C12H17NO2/c1-3-8(2)12(13)9-4-5-10-11(6-9)15-7-14-10/h4-6,8,12H,3,7,13H2,1-2H3. The van der Waals surface area contributed by atoms with E-state index in [1.54, 1.807) is 0 Å². The second-order valence-electron chi connectivity index (χ2n) is 4.02. The Hall–Kier alpha value is -1.22. The summed E-state index contributed by atoms with van der Waals surface area (Å²) in [6.45, 7) is 4.63. The Morgan fingerprint density at radius 2 is 2.07 bits per heavy atom. The van der Waals surface area contributed by atoms with E-state index in [-0.39, 0.29) is 6.04 Å². The van der Waals surface area contributed by atoms with E-state index in [1.807, 2.05) is 18.2 Å². The quantitative estimate of drug-likeness (QED) is 0.828. The molecular formula is C12H17NO2. The van der Waals surface area contributed by atoms with Crippen LogP contribution in [0.3, 0.4) is 0 Å². The van der Waals surface area contributed by atoms with Gasteiger partial charge < -0.3 is 15.2 Å². The van der Waals surface area contributed by atoms with Gasteiger partial charge >= 0.3 is 0 Å². The zero-order valence-corrected chi connectivity index (χ0v) is 9.19. The first-order valence-corrected chi connectivity index (χ1v) is 5.37. The number of hydrogen-bond acceptors (Lipinski definition) is 3. The SMILES string of the molecule is CCC(C)C(N)c1ccc2c(c1)OCO2. The minimum absolute atomic E-state index is 0.0736. The Kier molecular flexibility index (Phi) is 2.82. The van der Waals surface area contributed by atoms with E-state index in [0.29, 0.717) is 12.7 Å². The lowest BCUT2D eigenvalue weighted by Crippen LogP contribution is -2.18. The maximum absolute atomic E-state index is 6.15. The summed E-state index contributed by atoms with van der Waals surface area (Å²) in [7, 11) is 0. The fourth-order valence-electron chi connectivity index (χ4n) is 1.70. The van der Waals surface area contributed by atoms with Crippen molar-refractivity contribution in [3.63, 3.8) is 0 Å². The summed E-state index contributed by atoms with van der Waals surface area (Å²) in [5.41, 5.74) is 7.27. The van der Waals surface area contributed by atoms with Crippen molar-refractivity contribution >= 4 is 0 Å². The topological polar surface area (TPSA) is 44.5 Å². The van der Waals surface area contributed by atoms with Crippen molar-refractivity contribution in [1.29, 1.82) is 0 Å². The highest BCUT2D eigenvalue weighted by molar-refractivity contribution is 5.45. The molecule has 3 heteroatoms. The summed E-state index contributed by atoms with van der Waals surface area (Å²) >= 11 is 0. The van der Waals surface area contributed by atoms with Crippen molar-refractivity contribution < 1.29 is 9.47 Å². The van der Waals surface area contributed by atoms with Crippen LogP contribution in [0.25, 0.3) is 0 Å². The van der Waals surface area contributed by atoms with Crippen LogP contribution in [-0.2, 0) is 0 Å². The minimum Gasteiger partial charge on any atom is -0.454 e. The summed E-state index contributed by atoms with van der Waals surface area (Å²) in [5.74, 6) is 2.10. The molecule has 1 aromatic carbocycles. The largest absolute Gasteiger partial charge is 0.454 e. The first kappa shape index (κ1) is 10.3. The third-order valence-electron chi connectivity index (χ3n) is 3.04. The number of benzene rings is 1. The van der Waals surface area contributed by atoms with Crippen LogP contribution in [0.15, 0.2) is 18.2 Å². The maximum Gasteiger partial charge on any atom is 0.231 e. The summed E-state index contributed by atoms with van der Waals surface area (Å²) in [6.07, 6.45) is 1.08. The Balaban J connectivity index is 2.22. The molecule has 0 aliphatic carbocycles. The molecule has 2 N–H and O–H groups in total.